The van der Waals surface area contributed by atoms with E-state index < -0.39 is 0 Å². The van der Waals surface area contributed by atoms with Crippen LogP contribution in [0.4, 0.5) is 28.4 Å². The zero-order valence-corrected chi connectivity index (χ0v) is 66.4. The van der Waals surface area contributed by atoms with Crippen molar-refractivity contribution in [2.45, 2.75) is 175 Å². The Bertz CT molecular complexity index is 5500. The lowest BCUT2D eigenvalue weighted by Gasteiger charge is -2.47. The second kappa shape index (κ2) is 28.5. The zero-order chi connectivity index (χ0) is 75.1. The summed E-state index contributed by atoms with van der Waals surface area (Å²) in [5, 5.41) is 0. The Labute approximate surface area is 651 Å². The molecule has 0 spiro atoms. The van der Waals surface area contributed by atoms with Crippen LogP contribution in [0.15, 0.2) is 313 Å². The number of para-hydroxylation sites is 1. The Morgan fingerprint density at radius 2 is 0.862 bits per heavy atom. The van der Waals surface area contributed by atoms with Gasteiger partial charge in [0, 0.05) is 39.8 Å². The molecule has 0 saturated heterocycles. The zero-order valence-electron chi connectivity index (χ0n) is 66.4. The molecule has 109 heavy (non-hydrogen) atoms. The summed E-state index contributed by atoms with van der Waals surface area (Å²) in [5.41, 5.74) is 41.2. The van der Waals surface area contributed by atoms with Gasteiger partial charge in [0.15, 0.2) is 0 Å². The highest BCUT2D eigenvalue weighted by Gasteiger charge is 2.47. The van der Waals surface area contributed by atoms with Crippen molar-refractivity contribution in [3.63, 3.8) is 0 Å². The van der Waals surface area contributed by atoms with Crippen molar-refractivity contribution >= 4 is 68.3 Å². The molecule has 2 aliphatic heterocycles. The first kappa shape index (κ1) is 71.4. The van der Waals surface area contributed by atoms with Gasteiger partial charge in [0.1, 0.15) is 0 Å². The van der Waals surface area contributed by atoms with Crippen molar-refractivity contribution in [1.82, 2.24) is 0 Å². The molecule has 542 valence electrons. The fourth-order valence-corrected chi connectivity index (χ4v) is 18.2. The third kappa shape index (κ3) is 13.8. The number of nitrogens with zero attached hydrogens (tertiary/aromatic N) is 2. The van der Waals surface area contributed by atoms with Gasteiger partial charge in [-0.05, 0) is 262 Å². The predicted octanol–water partition coefficient (Wildman–Crippen LogP) is 27.3. The molecule has 2 nitrogen and oxygen atoms in total. The maximum absolute atomic E-state index is 2.81. The molecular formula is C106H105BN2. The van der Waals surface area contributed by atoms with Gasteiger partial charge in [0.05, 0.1) is 11.4 Å². The van der Waals surface area contributed by atoms with Crippen molar-refractivity contribution in [2.75, 3.05) is 9.80 Å². The molecule has 0 fully saturated rings. The second-order valence-corrected chi connectivity index (χ2v) is 35.9. The van der Waals surface area contributed by atoms with Crippen molar-refractivity contribution < 1.29 is 0 Å². The average molecular weight is 1420 g/mol. The van der Waals surface area contributed by atoms with E-state index in [1.807, 2.05) is 0 Å². The molecule has 0 saturated carbocycles. The molecule has 3 heteroatoms. The number of anilines is 5. The molecule has 0 aromatic heterocycles. The minimum atomic E-state index is -0.197. The van der Waals surface area contributed by atoms with Crippen molar-refractivity contribution in [1.29, 1.82) is 0 Å². The van der Waals surface area contributed by atoms with Crippen LogP contribution in [-0.2, 0) is 21.7 Å². The van der Waals surface area contributed by atoms with Gasteiger partial charge < -0.3 is 9.80 Å². The molecule has 0 amide bonds. The summed E-state index contributed by atoms with van der Waals surface area (Å²) in [6, 6.07) is 75.0. The minimum absolute atomic E-state index is 0.0817. The van der Waals surface area contributed by atoms with Crippen LogP contribution in [0.5, 0.6) is 0 Å². The average Bonchev–Trinajstić information content (AvgIpc) is 0.690. The maximum Gasteiger partial charge on any atom is 0.252 e. The van der Waals surface area contributed by atoms with E-state index in [2.05, 4.69) is 372 Å². The third-order valence-electron chi connectivity index (χ3n) is 24.4. The topological polar surface area (TPSA) is 6.48 Å². The van der Waals surface area contributed by atoms with Gasteiger partial charge >= 0.3 is 0 Å². The Morgan fingerprint density at radius 1 is 0.349 bits per heavy atom. The molecule has 0 bridgehead atoms. The molecule has 9 aromatic carbocycles. The maximum atomic E-state index is 2.81. The lowest BCUT2D eigenvalue weighted by molar-refractivity contribution is 0.568. The number of fused-ring (bicyclic) bond motifs is 4. The van der Waals surface area contributed by atoms with Crippen LogP contribution in [0.25, 0.3) is 61.2 Å². The largest absolute Gasteiger partial charge is 0.311 e. The van der Waals surface area contributed by atoms with Crippen molar-refractivity contribution in [3.8, 4) is 44.5 Å². The SMILES string of the molecule is CC(C)(C)c1cc(-c2ccc3c(c2)B2c4cc(-c5cc(C(C)(C)C)cc(C(C)(C)C)c5)ccc4N(c4c(C5=CCCC(C6=CC=CCC6)=C5)cccc4-c4cccc(C5=CCCC=C5)c4)c4cccc(c42)N3C2=C(c3cccc(-c4ccccc4)c3)CCC=C2C2C=CC=C(C3=CC=CCC3)C2)cc(C(C)(C)C)c1. The van der Waals surface area contributed by atoms with Gasteiger partial charge in [-0.1, -0.05) is 326 Å². The highest BCUT2D eigenvalue weighted by atomic mass is 15.2. The van der Waals surface area contributed by atoms with Crippen LogP contribution in [0.2, 0.25) is 0 Å². The van der Waals surface area contributed by atoms with Crippen LogP contribution in [0, 0.1) is 5.92 Å². The summed E-state index contributed by atoms with van der Waals surface area (Å²) in [6.07, 6.45) is 47.3. The van der Waals surface area contributed by atoms with E-state index in [1.165, 1.54) is 179 Å². The van der Waals surface area contributed by atoms with Gasteiger partial charge in [-0.3, -0.25) is 0 Å². The van der Waals surface area contributed by atoms with Crippen molar-refractivity contribution in [3.05, 3.63) is 352 Å². The van der Waals surface area contributed by atoms with Crippen LogP contribution < -0.4 is 26.2 Å². The standard InChI is InChI=1S/C106H105BN2/c1-103(2,3)86-62-84(63-87(68-86)104(4,5)6)78-54-56-96-94(66-78)107-95-67-79(85-64-88(105(7,8)9)69-89(65-85)106(10,11)12)55-57-97(95)109(102-92(82-46-27-42-76(60-82)72-36-21-15-22-37-72)50-30-51-93(102)83-47-28-43-77(61-83)73-38-23-16-24-39-73)99-53-31-52-98(100(99)107)108(96)101-90(80-44-25-40-74(58-80)70-32-17-13-18-33-70)48-29-49-91(101)81-45-26-41-75(59-81)71-34-19-14-20-35-71/h13-15,17-19,21,23,25-26,28,30-34,36,38-41,43-47,49-58,60-69,81H,16,20,22,24,27,29,35,37,42,48,59H2,1-12H3. The fourth-order valence-electron chi connectivity index (χ4n) is 18.2. The molecule has 0 radical (unpaired) electrons. The first-order valence-corrected chi connectivity index (χ1v) is 40.6. The summed E-state index contributed by atoms with van der Waals surface area (Å²) in [6.45, 7) is 28.3. The summed E-state index contributed by atoms with van der Waals surface area (Å²) in [4.78, 5) is 5.58. The first-order chi connectivity index (χ1) is 52.6. The van der Waals surface area contributed by atoms with E-state index in [0.717, 1.165) is 70.6 Å². The van der Waals surface area contributed by atoms with Crippen LogP contribution in [-0.4, -0.2) is 6.71 Å². The van der Waals surface area contributed by atoms with Crippen LogP contribution in [0.3, 0.4) is 0 Å². The number of benzene rings is 9. The van der Waals surface area contributed by atoms with E-state index in [0.29, 0.717) is 0 Å². The monoisotopic (exact) mass is 1420 g/mol. The smallest absolute Gasteiger partial charge is 0.252 e. The van der Waals surface area contributed by atoms with Gasteiger partial charge in [-0.2, -0.15) is 0 Å². The number of hydrogen-bond donors (Lipinski definition) is 0. The highest BCUT2D eigenvalue weighted by molar-refractivity contribution is 7.00. The van der Waals surface area contributed by atoms with Gasteiger partial charge in [-0.25, -0.2) is 0 Å². The molecular weight excluding hydrogens is 1310 g/mol. The number of hydrogen-bond acceptors (Lipinski definition) is 2. The summed E-state index contributed by atoms with van der Waals surface area (Å²) < 4.78 is 0. The van der Waals surface area contributed by atoms with Gasteiger partial charge in [-0.15, -0.1) is 0 Å². The Kier molecular flexibility index (Phi) is 18.7. The van der Waals surface area contributed by atoms with E-state index >= 15 is 0 Å². The summed E-state index contributed by atoms with van der Waals surface area (Å²) >= 11 is 0. The molecule has 1 atom stereocenters. The molecule has 0 N–H and O–H groups in total. The van der Waals surface area contributed by atoms with Gasteiger partial charge in [0.2, 0.25) is 0 Å². The minimum Gasteiger partial charge on any atom is -0.311 e. The van der Waals surface area contributed by atoms with E-state index in [9.17, 15) is 0 Å². The Balaban J connectivity index is 0.993. The lowest BCUT2D eigenvalue weighted by atomic mass is 9.33. The molecule has 6 aliphatic carbocycles. The molecule has 8 aliphatic rings. The van der Waals surface area contributed by atoms with Crippen molar-refractivity contribution in [2.24, 2.45) is 5.92 Å². The molecule has 1 unspecified atom stereocenters. The van der Waals surface area contributed by atoms with E-state index in [1.54, 1.807) is 0 Å². The molecule has 9 aromatic rings. The lowest BCUT2D eigenvalue weighted by Crippen LogP contribution is -2.62. The highest BCUT2D eigenvalue weighted by Crippen LogP contribution is 2.54. The third-order valence-corrected chi connectivity index (χ3v) is 24.4. The first-order valence-electron chi connectivity index (χ1n) is 40.6. The van der Waals surface area contributed by atoms with Crippen LogP contribution >= 0.6 is 0 Å². The Hall–Kier alpha value is -10.5. The number of allylic oxidation sites excluding steroid dienone is 23. The number of rotatable bonds is 12. The quantitative estimate of drug-likeness (QED) is 0.113. The van der Waals surface area contributed by atoms with E-state index in [4.69, 9.17) is 0 Å². The molecule has 2 heterocycles. The Morgan fingerprint density at radius 3 is 1.48 bits per heavy atom. The van der Waals surface area contributed by atoms with Crippen LogP contribution in [0.1, 0.15) is 193 Å². The fraction of sp³-hybridized carbons (Fsp3) is 0.264. The van der Waals surface area contributed by atoms with Gasteiger partial charge in [0.25, 0.3) is 6.71 Å². The predicted molar refractivity (Wildman–Crippen MR) is 471 cm³/mol. The molecule has 17 rings (SSSR count). The summed E-state index contributed by atoms with van der Waals surface area (Å²) in [5.74, 6) is 0.124. The summed E-state index contributed by atoms with van der Waals surface area (Å²) in [7, 11) is 0. The normalized spacial score (nSPS) is 17.7. The second-order valence-electron chi connectivity index (χ2n) is 35.9. The van der Waals surface area contributed by atoms with E-state index in [-0.39, 0.29) is 34.3 Å².